The fraction of sp³-hybridized carbons (Fsp3) is 0.186. The van der Waals surface area contributed by atoms with Crippen LogP contribution in [0, 0.1) is 6.92 Å². The van der Waals surface area contributed by atoms with E-state index >= 15 is 0 Å². The van der Waals surface area contributed by atoms with Crippen LogP contribution in [-0.2, 0) is 18.3 Å². The smallest absolute Gasteiger partial charge is 0.0710 e. The third-order valence-electron chi connectivity index (χ3n) is 12.6. The number of benzene rings is 8. The molecule has 302 valence electrons. The Hall–Kier alpha value is -6.64. The van der Waals surface area contributed by atoms with E-state index in [1.165, 1.54) is 83.2 Å². The van der Waals surface area contributed by atoms with Crippen molar-refractivity contribution >= 4 is 33.5 Å². The van der Waals surface area contributed by atoms with Crippen LogP contribution < -0.4 is 10.6 Å². The van der Waals surface area contributed by atoms with Crippen LogP contribution in [0.5, 0.6) is 0 Å². The Morgan fingerprint density at radius 2 is 0.820 bits per heavy atom. The van der Waals surface area contributed by atoms with Crippen molar-refractivity contribution in [2.24, 2.45) is 0 Å². The van der Waals surface area contributed by atoms with Gasteiger partial charge in [-0.15, -0.1) is 0 Å². The summed E-state index contributed by atoms with van der Waals surface area (Å²) in [4.78, 5) is 0. The summed E-state index contributed by atoms with van der Waals surface area (Å²) in [5.41, 5.74) is 19.7. The maximum absolute atomic E-state index is 4.38. The van der Waals surface area contributed by atoms with Gasteiger partial charge in [-0.1, -0.05) is 222 Å². The van der Waals surface area contributed by atoms with Crippen molar-refractivity contribution in [1.82, 2.24) is 0 Å². The van der Waals surface area contributed by atoms with Crippen molar-refractivity contribution in [3.63, 3.8) is 0 Å². The molecule has 0 bridgehead atoms. The largest absolute Gasteiger partial charge is 0.353 e. The fourth-order valence-corrected chi connectivity index (χ4v) is 9.60. The lowest BCUT2D eigenvalue weighted by Gasteiger charge is -2.32. The summed E-state index contributed by atoms with van der Waals surface area (Å²) in [5, 5.41) is 11.1. The van der Waals surface area contributed by atoms with Gasteiger partial charge in [-0.3, -0.25) is 0 Å². The number of anilines is 2. The lowest BCUT2D eigenvalue weighted by Crippen LogP contribution is -2.19. The van der Waals surface area contributed by atoms with Crippen LogP contribution in [0.2, 0.25) is 0 Å². The quantitative estimate of drug-likeness (QED) is 0.120. The molecule has 0 spiro atoms. The van der Waals surface area contributed by atoms with Crippen molar-refractivity contribution in [3.8, 4) is 0 Å². The van der Waals surface area contributed by atoms with E-state index in [1.807, 2.05) is 0 Å². The van der Waals surface area contributed by atoms with Gasteiger partial charge in [-0.25, -0.2) is 0 Å². The van der Waals surface area contributed by atoms with E-state index in [-0.39, 0.29) is 17.3 Å². The van der Waals surface area contributed by atoms with Gasteiger partial charge in [-0.05, 0) is 80.6 Å². The third-order valence-corrected chi connectivity index (χ3v) is 12.6. The van der Waals surface area contributed by atoms with Gasteiger partial charge in [0.15, 0.2) is 0 Å². The minimum atomic E-state index is -0.127. The molecule has 2 heteroatoms. The molecule has 8 aromatic carbocycles. The number of aryl methyl sites for hydroxylation is 3. The Kier molecular flexibility index (Phi) is 11.0. The second-order valence-corrected chi connectivity index (χ2v) is 17.7. The normalized spacial score (nSPS) is 12.5. The summed E-state index contributed by atoms with van der Waals surface area (Å²) in [6.07, 6.45) is 1.89. The molecule has 0 aliphatic heterocycles. The van der Waals surface area contributed by atoms with Crippen LogP contribution in [-0.4, -0.2) is 0 Å². The van der Waals surface area contributed by atoms with E-state index in [1.54, 1.807) is 0 Å². The first-order valence-corrected chi connectivity index (χ1v) is 22.0. The van der Waals surface area contributed by atoms with Crippen molar-refractivity contribution in [3.05, 3.63) is 249 Å². The van der Waals surface area contributed by atoms with Gasteiger partial charge < -0.3 is 10.6 Å². The van der Waals surface area contributed by atoms with Gasteiger partial charge in [0.1, 0.15) is 0 Å². The highest BCUT2D eigenvalue weighted by atomic mass is 15.0. The standard InChI is InChI=1S/C59H56N2/c1-7-40-35-39(3)36-41(8-2)55(40)60-57-48-33-21-31-46-32-22-34-49(54(46)48)58(57)61-56-50(52(42-23-13-9-14-24-42)43-25-15-10-16-26-43)37-47(59(4,5)6)38-51(56)53(44-27-17-11-18-28-44)45-29-19-12-20-30-45/h9-38,52-53,60-61H,7-8H2,1-6H3. The van der Waals surface area contributed by atoms with Crippen molar-refractivity contribution in [2.75, 3.05) is 10.6 Å². The van der Waals surface area contributed by atoms with Gasteiger partial charge in [-0.2, -0.15) is 0 Å². The minimum absolute atomic E-state index is 0.0507. The zero-order chi connectivity index (χ0) is 42.1. The molecule has 0 amide bonds. The molecule has 1 aliphatic rings. The van der Waals surface area contributed by atoms with Crippen LogP contribution in [0.3, 0.4) is 0 Å². The summed E-state index contributed by atoms with van der Waals surface area (Å²) in [5.74, 6) is -0.101. The number of hydrogen-bond acceptors (Lipinski definition) is 2. The summed E-state index contributed by atoms with van der Waals surface area (Å²) in [6, 6.07) is 67.6. The van der Waals surface area contributed by atoms with Crippen LogP contribution in [0.1, 0.15) is 113 Å². The molecule has 2 N–H and O–H groups in total. The molecule has 8 aromatic rings. The zero-order valence-corrected chi connectivity index (χ0v) is 36.4. The highest BCUT2D eigenvalue weighted by molar-refractivity contribution is 6.18. The minimum Gasteiger partial charge on any atom is -0.353 e. The van der Waals surface area contributed by atoms with Crippen molar-refractivity contribution in [2.45, 2.75) is 71.6 Å². The third kappa shape index (κ3) is 7.68. The Balaban J connectivity index is 1.40. The molecule has 1 aliphatic carbocycles. The second kappa shape index (κ2) is 16.8. The van der Waals surface area contributed by atoms with Crippen LogP contribution in [0.15, 0.2) is 182 Å². The average Bonchev–Trinajstić information content (AvgIpc) is 3.58. The zero-order valence-electron chi connectivity index (χ0n) is 36.4. The molecule has 0 aromatic heterocycles. The molecule has 9 rings (SSSR count). The highest BCUT2D eigenvalue weighted by Crippen LogP contribution is 2.50. The summed E-state index contributed by atoms with van der Waals surface area (Å²) < 4.78 is 0. The van der Waals surface area contributed by atoms with E-state index < -0.39 is 0 Å². The predicted molar refractivity (Wildman–Crippen MR) is 261 cm³/mol. The number of nitrogens with one attached hydrogen (secondary N) is 2. The van der Waals surface area contributed by atoms with Crippen LogP contribution in [0.25, 0.3) is 22.2 Å². The Morgan fingerprint density at radius 1 is 0.443 bits per heavy atom. The monoisotopic (exact) mass is 792 g/mol. The van der Waals surface area contributed by atoms with Crippen LogP contribution in [0.4, 0.5) is 11.4 Å². The molecule has 0 atom stereocenters. The van der Waals surface area contributed by atoms with Gasteiger partial charge >= 0.3 is 0 Å². The van der Waals surface area contributed by atoms with E-state index in [9.17, 15) is 0 Å². The maximum atomic E-state index is 4.38. The maximum Gasteiger partial charge on any atom is 0.0710 e. The van der Waals surface area contributed by atoms with Crippen molar-refractivity contribution < 1.29 is 0 Å². The molecule has 0 heterocycles. The van der Waals surface area contributed by atoms with Gasteiger partial charge in [0.25, 0.3) is 0 Å². The second-order valence-electron chi connectivity index (χ2n) is 17.7. The topological polar surface area (TPSA) is 24.1 Å². The Labute approximate surface area is 363 Å². The number of hydrogen-bond donors (Lipinski definition) is 2. The molecule has 0 saturated carbocycles. The summed E-state index contributed by atoms with van der Waals surface area (Å²) in [6.45, 7) is 13.8. The molecule has 0 unspecified atom stereocenters. The van der Waals surface area contributed by atoms with E-state index in [0.717, 1.165) is 29.9 Å². The molecule has 61 heavy (non-hydrogen) atoms. The first kappa shape index (κ1) is 39.8. The molecule has 2 nitrogen and oxygen atoms in total. The fourth-order valence-electron chi connectivity index (χ4n) is 9.60. The van der Waals surface area contributed by atoms with Crippen LogP contribution >= 0.6 is 0 Å². The SMILES string of the molecule is CCc1cc(C)cc(CC)c1NC1=C(Nc2c(C(c3ccccc3)c3ccccc3)cc(C(C)(C)C)cc2C(c2ccccc2)c2ccccc2)c2cccc3cccc1c23. The highest BCUT2D eigenvalue weighted by Gasteiger charge is 2.33. The number of rotatable bonds is 12. The van der Waals surface area contributed by atoms with E-state index in [0.29, 0.717) is 0 Å². The van der Waals surface area contributed by atoms with E-state index in [2.05, 4.69) is 234 Å². The molecular weight excluding hydrogens is 737 g/mol. The van der Waals surface area contributed by atoms with Gasteiger partial charge in [0.2, 0.25) is 0 Å². The van der Waals surface area contributed by atoms with Gasteiger partial charge in [0, 0.05) is 39.7 Å². The molecule has 0 saturated heterocycles. The summed E-state index contributed by atoms with van der Waals surface area (Å²) >= 11 is 0. The molecule has 0 fully saturated rings. The molecular formula is C59H56N2. The van der Waals surface area contributed by atoms with Gasteiger partial charge in [0.05, 0.1) is 11.4 Å². The first-order chi connectivity index (χ1) is 29.7. The average molecular weight is 793 g/mol. The lowest BCUT2D eigenvalue weighted by molar-refractivity contribution is 0.588. The Morgan fingerprint density at radius 3 is 1.18 bits per heavy atom. The Bertz CT molecular complexity index is 2630. The lowest BCUT2D eigenvalue weighted by atomic mass is 9.75. The molecule has 0 radical (unpaired) electrons. The van der Waals surface area contributed by atoms with Crippen molar-refractivity contribution in [1.29, 1.82) is 0 Å². The first-order valence-electron chi connectivity index (χ1n) is 22.0. The predicted octanol–water partition coefficient (Wildman–Crippen LogP) is 15.3. The van der Waals surface area contributed by atoms with E-state index in [4.69, 9.17) is 0 Å². The summed E-state index contributed by atoms with van der Waals surface area (Å²) in [7, 11) is 0.